The van der Waals surface area contributed by atoms with Gasteiger partial charge in [-0.15, -0.1) is 0 Å². The number of carbonyl (C=O) groups excluding carboxylic acids is 1. The number of amides is 1. The summed E-state index contributed by atoms with van der Waals surface area (Å²) >= 11 is 8.54. The van der Waals surface area contributed by atoms with Crippen molar-refractivity contribution < 1.29 is 4.79 Å². The molecule has 0 aliphatic rings. The molecule has 1 unspecified atom stereocenters. The van der Waals surface area contributed by atoms with Crippen molar-refractivity contribution in [1.29, 1.82) is 0 Å². The minimum Gasteiger partial charge on any atom is -0.392 e. The predicted octanol–water partition coefficient (Wildman–Crippen LogP) is 3.72. The normalized spacial score (nSPS) is 12.8. The lowest BCUT2D eigenvalue weighted by atomic mass is 9.81. The maximum absolute atomic E-state index is 12.5. The number of halogens is 1. The molecule has 110 valence electrons. The molecule has 5 heteroatoms. The van der Waals surface area contributed by atoms with Gasteiger partial charge in [-0.25, -0.2) is 0 Å². The first-order valence-corrected chi connectivity index (χ1v) is 7.93. The Hall–Kier alpha value is -0.940. The fourth-order valence-corrected chi connectivity index (χ4v) is 3.02. The van der Waals surface area contributed by atoms with Gasteiger partial charge in [0.15, 0.2) is 0 Å². The second kappa shape index (κ2) is 7.18. The zero-order chi connectivity index (χ0) is 15.3. The molecule has 0 spiro atoms. The lowest BCUT2D eigenvalue weighted by molar-refractivity contribution is -0.128. The second-order valence-electron chi connectivity index (χ2n) is 4.90. The van der Waals surface area contributed by atoms with Crippen LogP contribution in [-0.4, -0.2) is 10.9 Å². The average molecular weight is 357 g/mol. The van der Waals surface area contributed by atoms with E-state index in [1.807, 2.05) is 45.0 Å². The van der Waals surface area contributed by atoms with Crippen molar-refractivity contribution in [2.75, 3.05) is 0 Å². The van der Waals surface area contributed by atoms with E-state index in [-0.39, 0.29) is 16.9 Å². The average Bonchev–Trinajstić information content (AvgIpc) is 2.40. The smallest absolute Gasteiger partial charge is 0.233 e. The van der Waals surface area contributed by atoms with E-state index < -0.39 is 5.41 Å². The van der Waals surface area contributed by atoms with Gasteiger partial charge in [0.2, 0.25) is 5.91 Å². The summed E-state index contributed by atoms with van der Waals surface area (Å²) in [7, 11) is 0. The van der Waals surface area contributed by atoms with Crippen LogP contribution in [0, 0.1) is 5.41 Å². The minimum atomic E-state index is -0.754. The molecule has 0 aromatic heterocycles. The highest BCUT2D eigenvalue weighted by molar-refractivity contribution is 9.10. The van der Waals surface area contributed by atoms with E-state index >= 15 is 0 Å². The number of rotatable bonds is 6. The molecule has 20 heavy (non-hydrogen) atoms. The van der Waals surface area contributed by atoms with Gasteiger partial charge in [0.25, 0.3) is 0 Å². The molecule has 0 bridgehead atoms. The summed E-state index contributed by atoms with van der Waals surface area (Å²) in [4.78, 5) is 12.8. The van der Waals surface area contributed by atoms with Gasteiger partial charge < -0.3 is 11.1 Å². The predicted molar refractivity (Wildman–Crippen MR) is 90.5 cm³/mol. The van der Waals surface area contributed by atoms with Crippen LogP contribution in [0.15, 0.2) is 28.7 Å². The fourth-order valence-electron chi connectivity index (χ4n) is 2.23. The Kier molecular flexibility index (Phi) is 6.14. The minimum absolute atomic E-state index is 0.0909. The summed E-state index contributed by atoms with van der Waals surface area (Å²) < 4.78 is 0.989. The summed E-state index contributed by atoms with van der Waals surface area (Å²) in [5.74, 6) is -0.0949. The lowest BCUT2D eigenvalue weighted by Gasteiger charge is -2.30. The molecule has 1 aromatic rings. The Balaban J connectivity index is 2.91. The second-order valence-corrected chi connectivity index (χ2v) is 6.26. The molecule has 1 rings (SSSR count). The highest BCUT2D eigenvalue weighted by Gasteiger charge is 2.38. The van der Waals surface area contributed by atoms with E-state index in [1.54, 1.807) is 0 Å². The summed E-state index contributed by atoms with van der Waals surface area (Å²) in [6.45, 7) is 5.83. The van der Waals surface area contributed by atoms with E-state index in [2.05, 4.69) is 21.2 Å². The molecule has 0 saturated carbocycles. The molecule has 0 radical (unpaired) electrons. The van der Waals surface area contributed by atoms with Gasteiger partial charge in [0, 0.05) is 4.47 Å². The first kappa shape index (κ1) is 17.1. The molecule has 0 aliphatic heterocycles. The lowest BCUT2D eigenvalue weighted by Crippen LogP contribution is -2.48. The standard InChI is InChI=1S/C15H21BrN2OS/c1-4-15(5-2,13(17)20)14(19)18-10(3)11-7-6-8-12(16)9-11/h6-10H,4-5H2,1-3H3,(H2,17,20)(H,18,19). The van der Waals surface area contributed by atoms with Gasteiger partial charge in [-0.05, 0) is 37.5 Å². The van der Waals surface area contributed by atoms with Crippen molar-refractivity contribution in [1.82, 2.24) is 5.32 Å². The van der Waals surface area contributed by atoms with Crippen LogP contribution < -0.4 is 11.1 Å². The molecule has 1 amide bonds. The first-order chi connectivity index (χ1) is 9.37. The van der Waals surface area contributed by atoms with E-state index in [0.29, 0.717) is 12.8 Å². The number of hydrogen-bond acceptors (Lipinski definition) is 2. The number of hydrogen-bond donors (Lipinski definition) is 2. The van der Waals surface area contributed by atoms with E-state index in [1.165, 1.54) is 0 Å². The molecule has 0 saturated heterocycles. The summed E-state index contributed by atoms with van der Waals surface area (Å²) in [6.07, 6.45) is 1.21. The SMILES string of the molecule is CCC(CC)(C(=O)NC(C)c1cccc(Br)c1)C(N)=S. The van der Waals surface area contributed by atoms with Crippen LogP contribution in [0.2, 0.25) is 0 Å². The third-order valence-electron chi connectivity index (χ3n) is 3.81. The topological polar surface area (TPSA) is 55.1 Å². The molecular weight excluding hydrogens is 336 g/mol. The zero-order valence-corrected chi connectivity index (χ0v) is 14.5. The summed E-state index contributed by atoms with van der Waals surface area (Å²) in [5.41, 5.74) is 6.08. The van der Waals surface area contributed by atoms with Crippen LogP contribution in [0.3, 0.4) is 0 Å². The highest BCUT2D eigenvalue weighted by Crippen LogP contribution is 2.28. The number of benzene rings is 1. The van der Waals surface area contributed by atoms with Crippen LogP contribution in [-0.2, 0) is 4.79 Å². The van der Waals surface area contributed by atoms with E-state index in [9.17, 15) is 4.79 Å². The molecule has 0 heterocycles. The van der Waals surface area contributed by atoms with Crippen LogP contribution >= 0.6 is 28.1 Å². The van der Waals surface area contributed by atoms with Crippen molar-refractivity contribution in [2.24, 2.45) is 11.1 Å². The first-order valence-electron chi connectivity index (χ1n) is 6.73. The van der Waals surface area contributed by atoms with Crippen molar-refractivity contribution in [3.63, 3.8) is 0 Å². The van der Waals surface area contributed by atoms with Crippen molar-refractivity contribution in [3.05, 3.63) is 34.3 Å². The van der Waals surface area contributed by atoms with Gasteiger partial charge in [-0.2, -0.15) is 0 Å². The quantitative estimate of drug-likeness (QED) is 0.763. The third-order valence-corrected chi connectivity index (χ3v) is 4.69. The maximum atomic E-state index is 12.5. The molecule has 1 aromatic carbocycles. The van der Waals surface area contributed by atoms with Crippen LogP contribution in [0.4, 0.5) is 0 Å². The molecule has 3 N–H and O–H groups in total. The Morgan fingerprint density at radius 3 is 2.50 bits per heavy atom. The molecular formula is C15H21BrN2OS. The van der Waals surface area contributed by atoms with Crippen LogP contribution in [0.5, 0.6) is 0 Å². The van der Waals surface area contributed by atoms with E-state index in [4.69, 9.17) is 18.0 Å². The molecule has 3 nitrogen and oxygen atoms in total. The van der Waals surface area contributed by atoms with Crippen molar-refractivity contribution >= 4 is 39.0 Å². The fraction of sp³-hybridized carbons (Fsp3) is 0.467. The van der Waals surface area contributed by atoms with E-state index in [0.717, 1.165) is 10.0 Å². The Morgan fingerprint density at radius 1 is 1.45 bits per heavy atom. The zero-order valence-electron chi connectivity index (χ0n) is 12.1. The van der Waals surface area contributed by atoms with Crippen LogP contribution in [0.25, 0.3) is 0 Å². The molecule has 0 aliphatic carbocycles. The largest absolute Gasteiger partial charge is 0.392 e. The van der Waals surface area contributed by atoms with Gasteiger partial charge in [-0.1, -0.05) is 54.1 Å². The monoisotopic (exact) mass is 356 g/mol. The van der Waals surface area contributed by atoms with Crippen molar-refractivity contribution in [2.45, 2.75) is 39.7 Å². The van der Waals surface area contributed by atoms with Crippen LogP contribution in [0.1, 0.15) is 45.2 Å². The Labute approximate surface area is 134 Å². The maximum Gasteiger partial charge on any atom is 0.233 e. The summed E-state index contributed by atoms with van der Waals surface area (Å²) in [5, 5.41) is 3.02. The summed E-state index contributed by atoms with van der Waals surface area (Å²) in [6, 6.07) is 7.78. The molecule has 1 atom stereocenters. The number of thiocarbonyl (C=S) groups is 1. The number of nitrogens with two attached hydrogens (primary N) is 1. The van der Waals surface area contributed by atoms with Crippen molar-refractivity contribution in [3.8, 4) is 0 Å². The van der Waals surface area contributed by atoms with Gasteiger partial charge >= 0.3 is 0 Å². The number of carbonyl (C=O) groups is 1. The Bertz CT molecular complexity index is 500. The highest BCUT2D eigenvalue weighted by atomic mass is 79.9. The van der Waals surface area contributed by atoms with Gasteiger partial charge in [0.05, 0.1) is 16.4 Å². The van der Waals surface area contributed by atoms with Gasteiger partial charge in [0.1, 0.15) is 0 Å². The third kappa shape index (κ3) is 3.58. The molecule has 0 fully saturated rings. The van der Waals surface area contributed by atoms with Gasteiger partial charge in [-0.3, -0.25) is 4.79 Å². The Morgan fingerprint density at radius 2 is 2.05 bits per heavy atom. The number of nitrogens with one attached hydrogen (secondary N) is 1.